The number of nitrogens with zero attached hydrogens (tertiary/aromatic N) is 1. The number of unbranched alkanes of at least 4 members (excludes halogenated alkanes) is 1. The van der Waals surface area contributed by atoms with Crippen LogP contribution in [0.2, 0.25) is 0 Å². The van der Waals surface area contributed by atoms with Gasteiger partial charge in [0.25, 0.3) is 0 Å². The second-order valence-electron chi connectivity index (χ2n) is 3.93. The van der Waals surface area contributed by atoms with E-state index in [-0.39, 0.29) is 5.91 Å². The van der Waals surface area contributed by atoms with E-state index in [0.717, 1.165) is 12.2 Å². The molecule has 0 heterocycles. The van der Waals surface area contributed by atoms with Crippen molar-refractivity contribution in [3.05, 3.63) is 18.2 Å². The van der Waals surface area contributed by atoms with Crippen LogP contribution in [0, 0.1) is 11.3 Å². The number of hydrogen-bond donors (Lipinski definition) is 1. The zero-order chi connectivity index (χ0) is 14.8. The SMILES string of the molecule is COc1ccc(NC(=O)CSCCCC#N)cc1OC. The molecule has 1 aromatic carbocycles. The Kier molecular flexibility index (Phi) is 7.36. The molecule has 0 saturated heterocycles. The molecule has 1 amide bonds. The van der Waals surface area contributed by atoms with E-state index in [1.807, 2.05) is 0 Å². The highest BCUT2D eigenvalue weighted by Gasteiger charge is 2.07. The van der Waals surface area contributed by atoms with Gasteiger partial charge in [-0.2, -0.15) is 17.0 Å². The van der Waals surface area contributed by atoms with Crippen molar-refractivity contribution >= 4 is 23.4 Å². The first kappa shape index (κ1) is 16.2. The van der Waals surface area contributed by atoms with Gasteiger partial charge in [-0.05, 0) is 24.3 Å². The molecule has 0 aromatic heterocycles. The maximum Gasteiger partial charge on any atom is 0.234 e. The normalized spacial score (nSPS) is 9.65. The lowest BCUT2D eigenvalue weighted by atomic mass is 10.2. The van der Waals surface area contributed by atoms with E-state index >= 15 is 0 Å². The van der Waals surface area contributed by atoms with E-state index in [0.29, 0.717) is 29.4 Å². The summed E-state index contributed by atoms with van der Waals surface area (Å²) in [6.07, 6.45) is 1.34. The minimum Gasteiger partial charge on any atom is -0.493 e. The van der Waals surface area contributed by atoms with Crippen LogP contribution in [-0.2, 0) is 4.79 Å². The van der Waals surface area contributed by atoms with Gasteiger partial charge < -0.3 is 14.8 Å². The van der Waals surface area contributed by atoms with Crippen LogP contribution in [0.3, 0.4) is 0 Å². The molecule has 108 valence electrons. The third kappa shape index (κ3) is 5.41. The van der Waals surface area contributed by atoms with Crippen molar-refractivity contribution < 1.29 is 14.3 Å². The molecule has 0 spiro atoms. The molecule has 0 aliphatic rings. The summed E-state index contributed by atoms with van der Waals surface area (Å²) in [6, 6.07) is 7.31. The Morgan fingerprint density at radius 3 is 2.75 bits per heavy atom. The lowest BCUT2D eigenvalue weighted by Gasteiger charge is -2.10. The first-order valence-electron chi connectivity index (χ1n) is 6.17. The third-order valence-electron chi connectivity index (χ3n) is 2.48. The van der Waals surface area contributed by atoms with E-state index in [1.54, 1.807) is 32.4 Å². The van der Waals surface area contributed by atoms with Crippen LogP contribution >= 0.6 is 11.8 Å². The maximum absolute atomic E-state index is 11.7. The number of thioether (sulfide) groups is 1. The Balaban J connectivity index is 2.44. The fourth-order valence-corrected chi connectivity index (χ4v) is 2.28. The van der Waals surface area contributed by atoms with Crippen molar-refractivity contribution in [1.82, 2.24) is 0 Å². The highest BCUT2D eigenvalue weighted by atomic mass is 32.2. The molecule has 1 rings (SSSR count). The topological polar surface area (TPSA) is 71.3 Å². The first-order chi connectivity index (χ1) is 9.71. The van der Waals surface area contributed by atoms with Gasteiger partial charge in [0.2, 0.25) is 5.91 Å². The van der Waals surface area contributed by atoms with Crippen LogP contribution in [-0.4, -0.2) is 31.6 Å². The molecular weight excluding hydrogens is 276 g/mol. The van der Waals surface area contributed by atoms with E-state index in [9.17, 15) is 4.79 Å². The lowest BCUT2D eigenvalue weighted by molar-refractivity contribution is -0.113. The highest BCUT2D eigenvalue weighted by molar-refractivity contribution is 7.99. The van der Waals surface area contributed by atoms with Crippen LogP contribution < -0.4 is 14.8 Å². The fraction of sp³-hybridized carbons (Fsp3) is 0.429. The average molecular weight is 294 g/mol. The minimum atomic E-state index is -0.0702. The van der Waals surface area contributed by atoms with Gasteiger partial charge >= 0.3 is 0 Å². The van der Waals surface area contributed by atoms with Crippen LogP contribution in [0.5, 0.6) is 11.5 Å². The number of amides is 1. The molecule has 0 atom stereocenters. The van der Waals surface area contributed by atoms with Crippen molar-refractivity contribution in [2.75, 3.05) is 31.0 Å². The molecule has 0 aliphatic carbocycles. The minimum absolute atomic E-state index is 0.0702. The number of carbonyl (C=O) groups excluding carboxylic acids is 1. The van der Waals surface area contributed by atoms with Gasteiger partial charge in [0, 0.05) is 18.2 Å². The third-order valence-corrected chi connectivity index (χ3v) is 3.52. The Hall–Kier alpha value is -1.87. The lowest BCUT2D eigenvalue weighted by Crippen LogP contribution is -2.14. The molecule has 0 bridgehead atoms. The van der Waals surface area contributed by atoms with E-state index in [4.69, 9.17) is 14.7 Å². The zero-order valence-electron chi connectivity index (χ0n) is 11.6. The van der Waals surface area contributed by atoms with Crippen molar-refractivity contribution in [2.45, 2.75) is 12.8 Å². The van der Waals surface area contributed by atoms with Gasteiger partial charge in [-0.1, -0.05) is 0 Å². The molecule has 6 heteroatoms. The Bertz CT molecular complexity index is 486. The van der Waals surface area contributed by atoms with Gasteiger partial charge in [0.05, 0.1) is 26.0 Å². The summed E-state index contributed by atoms with van der Waals surface area (Å²) >= 11 is 1.52. The largest absolute Gasteiger partial charge is 0.493 e. The molecule has 20 heavy (non-hydrogen) atoms. The number of carbonyl (C=O) groups is 1. The molecule has 1 aromatic rings. The summed E-state index contributed by atoms with van der Waals surface area (Å²) < 4.78 is 10.3. The fourth-order valence-electron chi connectivity index (χ4n) is 1.53. The second kappa shape index (κ2) is 9.10. The number of ether oxygens (including phenoxy) is 2. The summed E-state index contributed by atoms with van der Waals surface area (Å²) in [5.74, 6) is 2.31. The van der Waals surface area contributed by atoms with Crippen LogP contribution in [0.25, 0.3) is 0 Å². The standard InChI is InChI=1S/C14H18N2O3S/c1-18-12-6-5-11(9-13(12)19-2)16-14(17)10-20-8-4-3-7-15/h5-6,9H,3-4,8,10H2,1-2H3,(H,16,17). The maximum atomic E-state index is 11.7. The van der Waals surface area contributed by atoms with Gasteiger partial charge in [0.15, 0.2) is 11.5 Å². The molecule has 0 saturated carbocycles. The van der Waals surface area contributed by atoms with E-state index in [1.165, 1.54) is 11.8 Å². The van der Waals surface area contributed by atoms with Gasteiger partial charge in [-0.15, -0.1) is 0 Å². The highest BCUT2D eigenvalue weighted by Crippen LogP contribution is 2.29. The first-order valence-corrected chi connectivity index (χ1v) is 7.33. The molecule has 1 N–H and O–H groups in total. The number of benzene rings is 1. The smallest absolute Gasteiger partial charge is 0.234 e. The Labute approximate surface area is 123 Å². The van der Waals surface area contributed by atoms with Gasteiger partial charge in [-0.3, -0.25) is 4.79 Å². The number of methoxy groups -OCH3 is 2. The number of nitrogens with one attached hydrogen (secondary N) is 1. The summed E-state index contributed by atoms with van der Waals surface area (Å²) in [6.45, 7) is 0. The van der Waals surface area contributed by atoms with E-state index < -0.39 is 0 Å². The summed E-state index contributed by atoms with van der Waals surface area (Å²) in [7, 11) is 3.11. The number of anilines is 1. The quantitative estimate of drug-likeness (QED) is 0.746. The van der Waals surface area contributed by atoms with Crippen molar-refractivity contribution in [1.29, 1.82) is 5.26 Å². The predicted molar refractivity (Wildman–Crippen MR) is 80.3 cm³/mol. The summed E-state index contributed by atoms with van der Waals surface area (Å²) in [5.41, 5.74) is 0.672. The number of rotatable bonds is 8. The van der Waals surface area contributed by atoms with Crippen LogP contribution in [0.15, 0.2) is 18.2 Å². The number of hydrogen-bond acceptors (Lipinski definition) is 5. The molecule has 0 radical (unpaired) electrons. The van der Waals surface area contributed by atoms with Crippen molar-refractivity contribution in [2.24, 2.45) is 0 Å². The molecular formula is C14H18N2O3S. The van der Waals surface area contributed by atoms with Crippen molar-refractivity contribution in [3.8, 4) is 17.6 Å². The monoisotopic (exact) mass is 294 g/mol. The number of nitriles is 1. The second-order valence-corrected chi connectivity index (χ2v) is 5.04. The predicted octanol–water partition coefficient (Wildman–Crippen LogP) is 2.68. The molecule has 5 nitrogen and oxygen atoms in total. The Morgan fingerprint density at radius 1 is 1.35 bits per heavy atom. The molecule has 0 unspecified atom stereocenters. The van der Waals surface area contributed by atoms with Crippen LogP contribution in [0.1, 0.15) is 12.8 Å². The average Bonchev–Trinajstić information content (AvgIpc) is 2.46. The summed E-state index contributed by atoms with van der Waals surface area (Å²) in [4.78, 5) is 11.7. The van der Waals surface area contributed by atoms with Crippen LogP contribution in [0.4, 0.5) is 5.69 Å². The zero-order valence-corrected chi connectivity index (χ0v) is 12.5. The Morgan fingerprint density at radius 2 is 2.10 bits per heavy atom. The van der Waals surface area contributed by atoms with Gasteiger partial charge in [0.1, 0.15) is 0 Å². The van der Waals surface area contributed by atoms with Gasteiger partial charge in [-0.25, -0.2) is 0 Å². The molecule has 0 fully saturated rings. The van der Waals surface area contributed by atoms with E-state index in [2.05, 4.69) is 11.4 Å². The van der Waals surface area contributed by atoms with Crippen molar-refractivity contribution in [3.63, 3.8) is 0 Å². The summed E-state index contributed by atoms with van der Waals surface area (Å²) in [5, 5.41) is 11.2. The molecule has 0 aliphatic heterocycles.